The van der Waals surface area contributed by atoms with Crippen LogP contribution in [0.1, 0.15) is 11.4 Å². The molecule has 7 heteroatoms. The monoisotopic (exact) mass is 352 g/mol. The van der Waals surface area contributed by atoms with Gasteiger partial charge in [0, 0.05) is 19.0 Å². The third-order valence-corrected chi connectivity index (χ3v) is 4.26. The fraction of sp³-hybridized carbons (Fsp3) is 0.167. The summed E-state index contributed by atoms with van der Waals surface area (Å²) in [4.78, 5) is 30.2. The lowest BCUT2D eigenvalue weighted by Gasteiger charge is -2.05. The topological polar surface area (TPSA) is 61.8 Å². The normalized spacial score (nSPS) is 11.3. The molecule has 0 aliphatic heterocycles. The van der Waals surface area contributed by atoms with Crippen LogP contribution in [0, 0.1) is 12.3 Å². The summed E-state index contributed by atoms with van der Waals surface area (Å²) in [7, 11) is 3.31. The van der Waals surface area contributed by atoms with Gasteiger partial charge >= 0.3 is 5.69 Å². The molecule has 3 aromatic rings. The zero-order chi connectivity index (χ0) is 18.1. The second-order valence-electron chi connectivity index (χ2n) is 5.56. The van der Waals surface area contributed by atoms with E-state index >= 15 is 0 Å². The Kier molecular flexibility index (Phi) is 4.38. The van der Waals surface area contributed by atoms with Crippen molar-refractivity contribution in [2.24, 2.45) is 14.1 Å². The standard InChI is InChI=1S/C18H16N4O2S/c1-4-11-22-17(23)15-16(21(3)18(22)24)19-14(20(15)2)10-7-12-5-8-13(25)9-6-12/h1,5-10,25H,11H2,2-3H3/b10-7+. The quantitative estimate of drug-likeness (QED) is 0.574. The summed E-state index contributed by atoms with van der Waals surface area (Å²) in [6.45, 7) is -0.0755. The molecule has 1 aromatic carbocycles. The summed E-state index contributed by atoms with van der Waals surface area (Å²) in [5, 5.41) is 0. The first-order valence-corrected chi connectivity index (χ1v) is 7.95. The van der Waals surface area contributed by atoms with Crippen molar-refractivity contribution in [3.63, 3.8) is 0 Å². The molecule has 0 radical (unpaired) electrons. The molecular formula is C18H16N4O2S. The highest BCUT2D eigenvalue weighted by molar-refractivity contribution is 7.80. The Morgan fingerprint density at radius 1 is 1.16 bits per heavy atom. The molecule has 0 unspecified atom stereocenters. The summed E-state index contributed by atoms with van der Waals surface area (Å²) >= 11 is 4.25. The molecule has 0 aliphatic rings. The molecule has 0 spiro atoms. The van der Waals surface area contributed by atoms with Crippen LogP contribution < -0.4 is 11.2 Å². The molecule has 2 aromatic heterocycles. The SMILES string of the molecule is C#CCn1c(=O)c2c(nc(/C=C/c3ccc(S)cc3)n2C)n(C)c1=O. The molecule has 0 saturated carbocycles. The van der Waals surface area contributed by atoms with Crippen LogP contribution in [0.4, 0.5) is 0 Å². The molecule has 126 valence electrons. The first-order chi connectivity index (χ1) is 11.9. The highest BCUT2D eigenvalue weighted by Crippen LogP contribution is 2.14. The minimum atomic E-state index is -0.478. The maximum absolute atomic E-state index is 12.6. The van der Waals surface area contributed by atoms with Crippen LogP contribution in [0.3, 0.4) is 0 Å². The van der Waals surface area contributed by atoms with Crippen molar-refractivity contribution in [2.75, 3.05) is 0 Å². The van der Waals surface area contributed by atoms with Gasteiger partial charge in [0.25, 0.3) is 5.56 Å². The lowest BCUT2D eigenvalue weighted by Crippen LogP contribution is -2.39. The predicted octanol–water partition coefficient (Wildman–Crippen LogP) is 1.53. The largest absolute Gasteiger partial charge is 0.333 e. The van der Waals surface area contributed by atoms with Crippen LogP contribution in [-0.4, -0.2) is 18.7 Å². The molecule has 6 nitrogen and oxygen atoms in total. The van der Waals surface area contributed by atoms with Crippen molar-refractivity contribution < 1.29 is 0 Å². The molecule has 0 amide bonds. The molecule has 0 aliphatic carbocycles. The van der Waals surface area contributed by atoms with Gasteiger partial charge in [-0.1, -0.05) is 24.1 Å². The minimum absolute atomic E-state index is 0.0755. The van der Waals surface area contributed by atoms with Gasteiger partial charge in [0.2, 0.25) is 0 Å². The van der Waals surface area contributed by atoms with Gasteiger partial charge in [-0.2, -0.15) is 0 Å². The fourth-order valence-electron chi connectivity index (χ4n) is 2.60. The number of fused-ring (bicyclic) bond motifs is 1. The van der Waals surface area contributed by atoms with E-state index in [0.717, 1.165) is 15.0 Å². The Morgan fingerprint density at radius 2 is 1.84 bits per heavy atom. The predicted molar refractivity (Wildman–Crippen MR) is 102 cm³/mol. The van der Waals surface area contributed by atoms with Crippen LogP contribution >= 0.6 is 12.6 Å². The van der Waals surface area contributed by atoms with Gasteiger partial charge in [0.05, 0.1) is 6.54 Å². The first-order valence-electron chi connectivity index (χ1n) is 7.51. The molecule has 0 bridgehead atoms. The number of aryl methyl sites for hydroxylation is 2. The van der Waals surface area contributed by atoms with Crippen LogP contribution in [0.25, 0.3) is 23.3 Å². The lowest BCUT2D eigenvalue weighted by atomic mass is 10.2. The summed E-state index contributed by atoms with van der Waals surface area (Å²) in [5.74, 6) is 2.90. The van der Waals surface area contributed by atoms with E-state index in [0.29, 0.717) is 17.0 Å². The molecule has 3 rings (SSSR count). The van der Waals surface area contributed by atoms with Crippen LogP contribution in [-0.2, 0) is 20.6 Å². The number of terminal acetylenes is 1. The van der Waals surface area contributed by atoms with Crippen molar-refractivity contribution in [1.29, 1.82) is 0 Å². The first kappa shape index (κ1) is 16.9. The maximum atomic E-state index is 12.6. The summed E-state index contributed by atoms with van der Waals surface area (Å²) in [5.41, 5.74) is 0.723. The number of thiol groups is 1. The number of rotatable bonds is 3. The highest BCUT2D eigenvalue weighted by Gasteiger charge is 2.16. The van der Waals surface area contributed by atoms with Gasteiger partial charge < -0.3 is 4.57 Å². The molecular weight excluding hydrogens is 336 g/mol. The maximum Gasteiger partial charge on any atom is 0.333 e. The van der Waals surface area contributed by atoms with Crippen molar-refractivity contribution in [3.8, 4) is 12.3 Å². The average molecular weight is 352 g/mol. The average Bonchev–Trinajstić information content (AvgIpc) is 2.93. The van der Waals surface area contributed by atoms with E-state index in [1.54, 1.807) is 24.7 Å². The van der Waals surface area contributed by atoms with Crippen molar-refractivity contribution in [1.82, 2.24) is 18.7 Å². The smallest absolute Gasteiger partial charge is 0.322 e. The van der Waals surface area contributed by atoms with Crippen molar-refractivity contribution >= 4 is 35.9 Å². The molecule has 25 heavy (non-hydrogen) atoms. The zero-order valence-corrected chi connectivity index (χ0v) is 14.7. The van der Waals surface area contributed by atoms with Gasteiger partial charge in [-0.05, 0) is 23.8 Å². The van der Waals surface area contributed by atoms with Gasteiger partial charge in [0.15, 0.2) is 11.2 Å². The highest BCUT2D eigenvalue weighted by atomic mass is 32.1. The van der Waals surface area contributed by atoms with Gasteiger partial charge in [-0.25, -0.2) is 14.3 Å². The van der Waals surface area contributed by atoms with E-state index in [1.165, 1.54) is 4.57 Å². The molecule has 0 atom stereocenters. The molecule has 2 heterocycles. The van der Waals surface area contributed by atoms with Crippen LogP contribution in [0.5, 0.6) is 0 Å². The van der Waals surface area contributed by atoms with Gasteiger partial charge in [0.1, 0.15) is 5.82 Å². The number of benzene rings is 1. The number of hydrogen-bond acceptors (Lipinski definition) is 4. The second-order valence-corrected chi connectivity index (χ2v) is 6.08. The number of imidazole rings is 1. The third-order valence-electron chi connectivity index (χ3n) is 3.96. The second kappa shape index (κ2) is 6.49. The van der Waals surface area contributed by atoms with Crippen LogP contribution in [0.2, 0.25) is 0 Å². The van der Waals surface area contributed by atoms with Gasteiger partial charge in [-0.15, -0.1) is 19.1 Å². The number of aromatic nitrogens is 4. The Hall–Kier alpha value is -2.98. The van der Waals surface area contributed by atoms with E-state index < -0.39 is 11.2 Å². The van der Waals surface area contributed by atoms with E-state index in [-0.39, 0.29) is 6.54 Å². The number of nitrogens with zero attached hydrogens (tertiary/aromatic N) is 4. The zero-order valence-electron chi connectivity index (χ0n) is 13.8. The van der Waals surface area contributed by atoms with Crippen molar-refractivity contribution in [2.45, 2.75) is 11.4 Å². The van der Waals surface area contributed by atoms with Crippen LogP contribution in [0.15, 0.2) is 38.8 Å². The third kappa shape index (κ3) is 2.92. The van der Waals surface area contributed by atoms with E-state index in [4.69, 9.17) is 6.42 Å². The molecule has 0 N–H and O–H groups in total. The lowest BCUT2D eigenvalue weighted by molar-refractivity contribution is 0.674. The molecule has 0 fully saturated rings. The van der Waals surface area contributed by atoms with Gasteiger partial charge in [-0.3, -0.25) is 9.36 Å². The fourth-order valence-corrected chi connectivity index (χ4v) is 2.75. The Bertz CT molecular complexity index is 1140. The summed E-state index contributed by atoms with van der Waals surface area (Å²) < 4.78 is 4.03. The van der Waals surface area contributed by atoms with Crippen molar-refractivity contribution in [3.05, 3.63) is 56.5 Å². The minimum Gasteiger partial charge on any atom is -0.322 e. The Balaban J connectivity index is 2.17. The number of hydrogen-bond donors (Lipinski definition) is 1. The summed E-state index contributed by atoms with van der Waals surface area (Å²) in [6, 6.07) is 7.63. The van der Waals surface area contributed by atoms with E-state index in [2.05, 4.69) is 23.5 Å². The Morgan fingerprint density at radius 3 is 2.48 bits per heavy atom. The van der Waals surface area contributed by atoms with E-state index in [1.807, 2.05) is 30.3 Å². The molecule has 0 saturated heterocycles. The summed E-state index contributed by atoms with van der Waals surface area (Å²) in [6.07, 6.45) is 8.94. The Labute approximate surface area is 149 Å². The van der Waals surface area contributed by atoms with E-state index in [9.17, 15) is 9.59 Å².